The maximum Gasteiger partial charge on any atom is 0.0645 e. The van der Waals surface area contributed by atoms with Gasteiger partial charge in [0.15, 0.2) is 0 Å². The zero-order valence-corrected chi connectivity index (χ0v) is 12.2. The van der Waals surface area contributed by atoms with Gasteiger partial charge in [-0.1, -0.05) is 48.5 Å². The van der Waals surface area contributed by atoms with Crippen molar-refractivity contribution in [2.75, 3.05) is 7.05 Å². The summed E-state index contributed by atoms with van der Waals surface area (Å²) in [5.74, 6) is 0. The average molecular weight is 277 g/mol. The van der Waals surface area contributed by atoms with Gasteiger partial charge < -0.3 is 0 Å². The number of hydrogen-bond acceptors (Lipinski definition) is 2. The van der Waals surface area contributed by atoms with Crippen molar-refractivity contribution in [3.8, 4) is 5.69 Å². The minimum Gasteiger partial charge on any atom is -0.298 e. The molecule has 0 bridgehead atoms. The van der Waals surface area contributed by atoms with Crippen molar-refractivity contribution in [3.63, 3.8) is 0 Å². The van der Waals surface area contributed by atoms with E-state index in [1.807, 2.05) is 35.1 Å². The number of benzene rings is 2. The number of rotatable bonds is 5. The van der Waals surface area contributed by atoms with Crippen LogP contribution in [0.25, 0.3) is 5.69 Å². The highest BCUT2D eigenvalue weighted by Gasteiger charge is 2.05. The molecule has 1 heterocycles. The van der Waals surface area contributed by atoms with Crippen molar-refractivity contribution >= 4 is 0 Å². The fraction of sp³-hybridized carbons (Fsp3) is 0.167. The zero-order chi connectivity index (χ0) is 14.5. The molecule has 0 radical (unpaired) electrons. The molecular formula is C18H19N3. The van der Waals surface area contributed by atoms with Gasteiger partial charge in [-0.15, -0.1) is 0 Å². The van der Waals surface area contributed by atoms with E-state index in [1.165, 1.54) is 11.1 Å². The lowest BCUT2D eigenvalue weighted by Crippen LogP contribution is -2.16. The summed E-state index contributed by atoms with van der Waals surface area (Å²) in [6.07, 6.45) is 4.03. The van der Waals surface area contributed by atoms with Crippen molar-refractivity contribution < 1.29 is 0 Å². The minimum absolute atomic E-state index is 0.891. The first-order valence-electron chi connectivity index (χ1n) is 7.13. The molecule has 0 fully saturated rings. The molecule has 21 heavy (non-hydrogen) atoms. The van der Waals surface area contributed by atoms with Gasteiger partial charge in [0, 0.05) is 24.8 Å². The van der Waals surface area contributed by atoms with Gasteiger partial charge in [-0.25, -0.2) is 4.68 Å². The van der Waals surface area contributed by atoms with E-state index in [0.29, 0.717) is 0 Å². The van der Waals surface area contributed by atoms with Crippen molar-refractivity contribution in [3.05, 3.63) is 84.2 Å². The first kappa shape index (κ1) is 13.6. The molecule has 0 unspecified atom stereocenters. The van der Waals surface area contributed by atoms with Crippen LogP contribution in [0.2, 0.25) is 0 Å². The molecule has 0 aliphatic carbocycles. The van der Waals surface area contributed by atoms with Gasteiger partial charge >= 0.3 is 0 Å². The number of hydrogen-bond donors (Lipinski definition) is 0. The standard InChI is InChI=1S/C18H19N3/c1-20(13-16-8-4-2-5-9-16)14-17-12-19-21(15-17)18-10-6-3-7-11-18/h2-12,15H,13-14H2,1H3. The SMILES string of the molecule is CN(Cc1ccccc1)Cc1cnn(-c2ccccc2)c1. The molecule has 3 nitrogen and oxygen atoms in total. The Morgan fingerprint density at radius 3 is 2.19 bits per heavy atom. The van der Waals surface area contributed by atoms with Crippen LogP contribution in [0.15, 0.2) is 73.1 Å². The molecule has 3 rings (SSSR count). The van der Waals surface area contributed by atoms with Crippen LogP contribution in [0.4, 0.5) is 0 Å². The topological polar surface area (TPSA) is 21.1 Å². The van der Waals surface area contributed by atoms with E-state index >= 15 is 0 Å². The lowest BCUT2D eigenvalue weighted by molar-refractivity contribution is 0.319. The van der Waals surface area contributed by atoms with Gasteiger partial charge in [-0.05, 0) is 24.7 Å². The van der Waals surface area contributed by atoms with Crippen LogP contribution in [0.3, 0.4) is 0 Å². The molecule has 2 aromatic carbocycles. The first-order chi connectivity index (χ1) is 10.3. The Labute approximate surface area is 125 Å². The van der Waals surface area contributed by atoms with Crippen LogP contribution in [0.5, 0.6) is 0 Å². The Kier molecular flexibility index (Phi) is 4.12. The van der Waals surface area contributed by atoms with Crippen LogP contribution < -0.4 is 0 Å². The second-order valence-electron chi connectivity index (χ2n) is 5.29. The van der Waals surface area contributed by atoms with Gasteiger partial charge in [0.1, 0.15) is 0 Å². The smallest absolute Gasteiger partial charge is 0.0645 e. The van der Waals surface area contributed by atoms with E-state index in [4.69, 9.17) is 0 Å². The molecule has 0 N–H and O–H groups in total. The van der Waals surface area contributed by atoms with Crippen molar-refractivity contribution in [2.45, 2.75) is 13.1 Å². The van der Waals surface area contributed by atoms with Crippen LogP contribution in [0.1, 0.15) is 11.1 Å². The zero-order valence-electron chi connectivity index (χ0n) is 12.2. The molecule has 0 aliphatic heterocycles. The van der Waals surface area contributed by atoms with E-state index in [1.54, 1.807) is 0 Å². The summed E-state index contributed by atoms with van der Waals surface area (Å²) >= 11 is 0. The molecule has 3 aromatic rings. The van der Waals surface area contributed by atoms with Gasteiger partial charge in [-0.3, -0.25) is 4.90 Å². The van der Waals surface area contributed by atoms with Crippen LogP contribution in [-0.4, -0.2) is 21.7 Å². The summed E-state index contributed by atoms with van der Waals surface area (Å²) in [6.45, 7) is 1.83. The van der Waals surface area contributed by atoms with Gasteiger partial charge in [0.25, 0.3) is 0 Å². The fourth-order valence-corrected chi connectivity index (χ4v) is 2.43. The van der Waals surface area contributed by atoms with E-state index in [0.717, 1.165) is 18.8 Å². The summed E-state index contributed by atoms with van der Waals surface area (Å²) in [5.41, 5.74) is 3.64. The molecule has 3 heteroatoms. The number of para-hydroxylation sites is 1. The summed E-state index contributed by atoms with van der Waals surface area (Å²) in [7, 11) is 2.13. The minimum atomic E-state index is 0.891. The molecule has 0 saturated carbocycles. The highest BCUT2D eigenvalue weighted by molar-refractivity contribution is 5.30. The molecule has 1 aromatic heterocycles. The monoisotopic (exact) mass is 277 g/mol. The molecule has 0 saturated heterocycles. The predicted octanol–water partition coefficient (Wildman–Crippen LogP) is 3.50. The van der Waals surface area contributed by atoms with E-state index in [9.17, 15) is 0 Å². The summed E-state index contributed by atoms with van der Waals surface area (Å²) in [5, 5.41) is 4.44. The van der Waals surface area contributed by atoms with Crippen LogP contribution in [0, 0.1) is 0 Å². The third-order valence-corrected chi connectivity index (χ3v) is 3.40. The van der Waals surface area contributed by atoms with Crippen molar-refractivity contribution in [1.82, 2.24) is 14.7 Å². The van der Waals surface area contributed by atoms with E-state index < -0.39 is 0 Å². The molecule has 0 atom stereocenters. The molecule has 0 amide bonds. The van der Waals surface area contributed by atoms with Gasteiger partial charge in [0.2, 0.25) is 0 Å². The Bertz CT molecular complexity index is 674. The lowest BCUT2D eigenvalue weighted by atomic mass is 10.2. The van der Waals surface area contributed by atoms with Crippen molar-refractivity contribution in [1.29, 1.82) is 0 Å². The third kappa shape index (κ3) is 3.58. The third-order valence-electron chi connectivity index (χ3n) is 3.40. The van der Waals surface area contributed by atoms with E-state index in [2.05, 4.69) is 59.6 Å². The van der Waals surface area contributed by atoms with Crippen molar-refractivity contribution in [2.24, 2.45) is 0 Å². The van der Waals surface area contributed by atoms with Crippen LogP contribution >= 0.6 is 0 Å². The maximum atomic E-state index is 4.44. The largest absolute Gasteiger partial charge is 0.298 e. The highest BCUT2D eigenvalue weighted by Crippen LogP contribution is 2.10. The maximum absolute atomic E-state index is 4.44. The lowest BCUT2D eigenvalue weighted by Gasteiger charge is -2.15. The van der Waals surface area contributed by atoms with Gasteiger partial charge in [0.05, 0.1) is 11.9 Å². The summed E-state index contributed by atoms with van der Waals surface area (Å²) < 4.78 is 1.92. The average Bonchev–Trinajstić information content (AvgIpc) is 2.97. The second-order valence-corrected chi connectivity index (χ2v) is 5.29. The molecule has 0 spiro atoms. The highest BCUT2D eigenvalue weighted by atomic mass is 15.3. The van der Waals surface area contributed by atoms with Crippen LogP contribution in [-0.2, 0) is 13.1 Å². The molecule has 106 valence electrons. The number of aromatic nitrogens is 2. The molecule has 0 aliphatic rings. The predicted molar refractivity (Wildman–Crippen MR) is 85.2 cm³/mol. The fourth-order valence-electron chi connectivity index (χ4n) is 2.43. The summed E-state index contributed by atoms with van der Waals surface area (Å²) in [4.78, 5) is 2.29. The first-order valence-corrected chi connectivity index (χ1v) is 7.13. The molecular weight excluding hydrogens is 258 g/mol. The quantitative estimate of drug-likeness (QED) is 0.711. The summed E-state index contributed by atoms with van der Waals surface area (Å²) in [6, 6.07) is 20.7. The van der Waals surface area contributed by atoms with E-state index in [-0.39, 0.29) is 0 Å². The second kappa shape index (κ2) is 6.37. The van der Waals surface area contributed by atoms with Gasteiger partial charge in [-0.2, -0.15) is 5.10 Å². The normalized spacial score (nSPS) is 11.0. The Morgan fingerprint density at radius 2 is 1.48 bits per heavy atom. The Balaban J connectivity index is 1.65. The number of nitrogens with zero attached hydrogens (tertiary/aromatic N) is 3. The Hall–Kier alpha value is -2.39. The Morgan fingerprint density at radius 1 is 0.857 bits per heavy atom.